The normalized spacial score (nSPS) is 15.6. The van der Waals surface area contributed by atoms with Gasteiger partial charge in [0.1, 0.15) is 18.2 Å². The van der Waals surface area contributed by atoms with Gasteiger partial charge in [-0.05, 0) is 41.8 Å². The molecule has 1 heterocycles. The second-order valence-electron chi connectivity index (χ2n) is 5.79. The topological polar surface area (TPSA) is 21.7 Å². The SMILES string of the molecule is Cc1ccc(-c2ccc(OCCN3CCOCC3)cc2)cc1F. The lowest BCUT2D eigenvalue weighted by atomic mass is 10.0. The molecular weight excluding hydrogens is 293 g/mol. The van der Waals surface area contributed by atoms with E-state index in [1.807, 2.05) is 30.3 Å². The number of halogens is 1. The van der Waals surface area contributed by atoms with Crippen LogP contribution in [0.25, 0.3) is 11.1 Å². The Balaban J connectivity index is 1.55. The minimum Gasteiger partial charge on any atom is -0.492 e. The van der Waals surface area contributed by atoms with Crippen LogP contribution >= 0.6 is 0 Å². The predicted octanol–water partition coefficient (Wildman–Crippen LogP) is 3.51. The number of morpholine rings is 1. The fourth-order valence-electron chi connectivity index (χ4n) is 2.63. The summed E-state index contributed by atoms with van der Waals surface area (Å²) in [6.45, 7) is 6.91. The molecule has 0 N–H and O–H groups in total. The molecule has 0 radical (unpaired) electrons. The number of aryl methyl sites for hydroxylation is 1. The lowest BCUT2D eigenvalue weighted by Gasteiger charge is -2.26. The molecule has 2 aromatic carbocycles. The zero-order valence-corrected chi connectivity index (χ0v) is 13.4. The molecule has 3 rings (SSSR count). The van der Waals surface area contributed by atoms with Gasteiger partial charge in [-0.2, -0.15) is 0 Å². The Kier molecular flexibility index (Phi) is 5.26. The van der Waals surface area contributed by atoms with Crippen LogP contribution in [0.1, 0.15) is 5.56 Å². The summed E-state index contributed by atoms with van der Waals surface area (Å²) in [4.78, 5) is 2.34. The first-order valence-corrected chi connectivity index (χ1v) is 8.02. The number of hydrogen-bond acceptors (Lipinski definition) is 3. The summed E-state index contributed by atoms with van der Waals surface area (Å²) in [5.41, 5.74) is 2.54. The molecule has 23 heavy (non-hydrogen) atoms. The van der Waals surface area contributed by atoms with Gasteiger partial charge in [0.15, 0.2) is 0 Å². The monoisotopic (exact) mass is 315 g/mol. The highest BCUT2D eigenvalue weighted by Gasteiger charge is 2.09. The van der Waals surface area contributed by atoms with Crippen molar-refractivity contribution in [3.05, 3.63) is 53.8 Å². The predicted molar refractivity (Wildman–Crippen MR) is 89.3 cm³/mol. The lowest BCUT2D eigenvalue weighted by Crippen LogP contribution is -2.38. The van der Waals surface area contributed by atoms with Crippen LogP contribution in [0.5, 0.6) is 5.75 Å². The third-order valence-electron chi connectivity index (χ3n) is 4.14. The van der Waals surface area contributed by atoms with Crippen molar-refractivity contribution in [2.45, 2.75) is 6.92 Å². The maximum Gasteiger partial charge on any atom is 0.126 e. The molecule has 4 heteroatoms. The van der Waals surface area contributed by atoms with E-state index in [0.29, 0.717) is 12.2 Å². The highest BCUT2D eigenvalue weighted by molar-refractivity contribution is 5.64. The van der Waals surface area contributed by atoms with Crippen molar-refractivity contribution in [3.8, 4) is 16.9 Å². The van der Waals surface area contributed by atoms with Crippen molar-refractivity contribution in [3.63, 3.8) is 0 Å². The van der Waals surface area contributed by atoms with Crippen molar-refractivity contribution in [2.75, 3.05) is 39.5 Å². The van der Waals surface area contributed by atoms with E-state index >= 15 is 0 Å². The summed E-state index contributed by atoms with van der Waals surface area (Å²) >= 11 is 0. The fourth-order valence-corrected chi connectivity index (χ4v) is 2.63. The van der Waals surface area contributed by atoms with E-state index in [-0.39, 0.29) is 5.82 Å². The zero-order valence-electron chi connectivity index (χ0n) is 13.4. The summed E-state index contributed by atoms with van der Waals surface area (Å²) in [5, 5.41) is 0. The maximum atomic E-state index is 13.6. The first-order chi connectivity index (χ1) is 11.2. The van der Waals surface area contributed by atoms with E-state index in [0.717, 1.165) is 49.7 Å². The summed E-state index contributed by atoms with van der Waals surface area (Å²) in [5.74, 6) is 0.669. The molecule has 0 bridgehead atoms. The Hall–Kier alpha value is -1.91. The van der Waals surface area contributed by atoms with Gasteiger partial charge in [-0.15, -0.1) is 0 Å². The molecule has 1 saturated heterocycles. The standard InChI is InChI=1S/C19H22FNO2/c1-15-2-3-17(14-19(15)20)16-4-6-18(7-5-16)23-13-10-21-8-11-22-12-9-21/h2-7,14H,8-13H2,1H3. The zero-order chi connectivity index (χ0) is 16.1. The van der Waals surface area contributed by atoms with Gasteiger partial charge in [-0.1, -0.05) is 24.3 Å². The molecule has 0 spiro atoms. The van der Waals surface area contributed by atoms with Crippen molar-refractivity contribution < 1.29 is 13.9 Å². The van der Waals surface area contributed by atoms with E-state index in [4.69, 9.17) is 9.47 Å². The van der Waals surface area contributed by atoms with Crippen molar-refractivity contribution >= 4 is 0 Å². The molecule has 1 aliphatic heterocycles. The highest BCUT2D eigenvalue weighted by atomic mass is 19.1. The third kappa shape index (κ3) is 4.30. The first-order valence-electron chi connectivity index (χ1n) is 8.02. The molecule has 0 atom stereocenters. The minimum absolute atomic E-state index is 0.173. The summed E-state index contributed by atoms with van der Waals surface area (Å²) in [6.07, 6.45) is 0. The van der Waals surface area contributed by atoms with Crippen LogP contribution in [-0.4, -0.2) is 44.4 Å². The number of hydrogen-bond donors (Lipinski definition) is 0. The molecule has 0 amide bonds. The number of nitrogens with zero attached hydrogens (tertiary/aromatic N) is 1. The van der Waals surface area contributed by atoms with Crippen LogP contribution in [0.4, 0.5) is 4.39 Å². The van der Waals surface area contributed by atoms with Crippen LogP contribution in [0, 0.1) is 12.7 Å². The van der Waals surface area contributed by atoms with Crippen molar-refractivity contribution in [1.82, 2.24) is 4.90 Å². The average Bonchev–Trinajstić information content (AvgIpc) is 2.59. The molecule has 122 valence electrons. The van der Waals surface area contributed by atoms with Crippen LogP contribution in [0.15, 0.2) is 42.5 Å². The summed E-state index contributed by atoms with van der Waals surface area (Å²) < 4.78 is 24.8. The fraction of sp³-hybridized carbons (Fsp3) is 0.368. The molecule has 2 aromatic rings. The van der Waals surface area contributed by atoms with E-state index in [2.05, 4.69) is 4.90 Å². The van der Waals surface area contributed by atoms with Crippen LogP contribution in [0.3, 0.4) is 0 Å². The van der Waals surface area contributed by atoms with Crippen LogP contribution in [0.2, 0.25) is 0 Å². The van der Waals surface area contributed by atoms with Gasteiger partial charge in [-0.25, -0.2) is 4.39 Å². The quantitative estimate of drug-likeness (QED) is 0.843. The van der Waals surface area contributed by atoms with Crippen LogP contribution in [-0.2, 0) is 4.74 Å². The molecular formula is C19H22FNO2. The second-order valence-corrected chi connectivity index (χ2v) is 5.79. The number of benzene rings is 2. The Morgan fingerprint density at radius 1 is 1.04 bits per heavy atom. The Morgan fingerprint density at radius 2 is 1.74 bits per heavy atom. The largest absolute Gasteiger partial charge is 0.492 e. The van der Waals surface area contributed by atoms with E-state index in [1.165, 1.54) is 0 Å². The molecule has 1 aliphatic rings. The van der Waals surface area contributed by atoms with Gasteiger partial charge < -0.3 is 9.47 Å². The van der Waals surface area contributed by atoms with Gasteiger partial charge in [0.05, 0.1) is 13.2 Å². The van der Waals surface area contributed by atoms with Gasteiger partial charge in [-0.3, -0.25) is 4.90 Å². The van der Waals surface area contributed by atoms with Gasteiger partial charge >= 0.3 is 0 Å². The van der Waals surface area contributed by atoms with Gasteiger partial charge in [0.25, 0.3) is 0 Å². The highest BCUT2D eigenvalue weighted by Crippen LogP contribution is 2.24. The van der Waals surface area contributed by atoms with E-state index in [9.17, 15) is 4.39 Å². The Labute approximate surface area is 136 Å². The number of ether oxygens (including phenoxy) is 2. The van der Waals surface area contributed by atoms with Gasteiger partial charge in [0, 0.05) is 19.6 Å². The summed E-state index contributed by atoms with van der Waals surface area (Å²) in [6, 6.07) is 13.1. The molecule has 0 saturated carbocycles. The maximum absolute atomic E-state index is 13.6. The molecule has 0 aromatic heterocycles. The molecule has 0 aliphatic carbocycles. The average molecular weight is 315 g/mol. The van der Waals surface area contributed by atoms with E-state index < -0.39 is 0 Å². The Morgan fingerprint density at radius 3 is 2.43 bits per heavy atom. The Bertz CT molecular complexity index is 636. The molecule has 1 fully saturated rings. The van der Waals surface area contributed by atoms with E-state index in [1.54, 1.807) is 19.1 Å². The van der Waals surface area contributed by atoms with Gasteiger partial charge in [0.2, 0.25) is 0 Å². The van der Waals surface area contributed by atoms with Crippen molar-refractivity contribution in [2.24, 2.45) is 0 Å². The first kappa shape index (κ1) is 16.0. The number of rotatable bonds is 5. The van der Waals surface area contributed by atoms with Crippen molar-refractivity contribution in [1.29, 1.82) is 0 Å². The smallest absolute Gasteiger partial charge is 0.126 e. The second kappa shape index (κ2) is 7.57. The molecule has 3 nitrogen and oxygen atoms in total. The minimum atomic E-state index is -0.173. The third-order valence-corrected chi connectivity index (χ3v) is 4.14. The molecule has 0 unspecified atom stereocenters. The summed E-state index contributed by atoms with van der Waals surface area (Å²) in [7, 11) is 0. The van der Waals surface area contributed by atoms with Crippen LogP contribution < -0.4 is 4.74 Å². The lowest BCUT2D eigenvalue weighted by molar-refractivity contribution is 0.0322.